The Morgan fingerprint density at radius 3 is 2.76 bits per heavy atom. The van der Waals surface area contributed by atoms with Crippen molar-refractivity contribution in [2.45, 2.75) is 58.5 Å². The second-order valence-electron chi connectivity index (χ2n) is 6.09. The summed E-state index contributed by atoms with van der Waals surface area (Å²) in [5, 5.41) is 8.15. The highest BCUT2D eigenvalue weighted by Gasteiger charge is 2.18. The predicted molar refractivity (Wildman–Crippen MR) is 84.5 cm³/mol. The van der Waals surface area contributed by atoms with Gasteiger partial charge in [0.1, 0.15) is 0 Å². The van der Waals surface area contributed by atoms with Crippen molar-refractivity contribution in [1.82, 2.24) is 19.3 Å². The van der Waals surface area contributed by atoms with E-state index in [2.05, 4.69) is 46.2 Å². The Morgan fingerprint density at radius 2 is 2.05 bits per heavy atom. The summed E-state index contributed by atoms with van der Waals surface area (Å²) in [6.45, 7) is 5.05. The van der Waals surface area contributed by atoms with Gasteiger partial charge in [0.05, 0.1) is 17.9 Å². The van der Waals surface area contributed by atoms with Crippen molar-refractivity contribution < 1.29 is 0 Å². The van der Waals surface area contributed by atoms with Crippen LogP contribution in [0, 0.1) is 6.92 Å². The molecule has 0 spiro atoms. The summed E-state index contributed by atoms with van der Waals surface area (Å²) in [7, 11) is 1.99. The molecule has 0 radical (unpaired) electrons. The molecule has 0 amide bonds. The fourth-order valence-corrected chi connectivity index (χ4v) is 3.23. The highest BCUT2D eigenvalue weighted by atomic mass is 15.3. The average Bonchev–Trinajstić information content (AvgIpc) is 3.13. The van der Waals surface area contributed by atoms with Crippen LogP contribution in [0.2, 0.25) is 0 Å². The lowest BCUT2D eigenvalue weighted by Crippen LogP contribution is -2.18. The van der Waals surface area contributed by atoms with Crippen LogP contribution in [0.3, 0.4) is 0 Å². The molecule has 5 nitrogen and oxygen atoms in total. The van der Waals surface area contributed by atoms with Crippen molar-refractivity contribution in [2.24, 2.45) is 7.05 Å². The first kappa shape index (κ1) is 14.2. The number of hydrogen-bond donors (Lipinski definition) is 1. The van der Waals surface area contributed by atoms with Gasteiger partial charge in [-0.25, -0.2) is 4.98 Å². The van der Waals surface area contributed by atoms with Gasteiger partial charge in [0.15, 0.2) is 0 Å². The normalized spacial score (nSPS) is 15.8. The minimum Gasteiger partial charge on any atom is -0.353 e. The van der Waals surface area contributed by atoms with Crippen LogP contribution in [-0.2, 0) is 20.0 Å². The summed E-state index contributed by atoms with van der Waals surface area (Å²) >= 11 is 0. The Kier molecular flexibility index (Phi) is 3.99. The van der Waals surface area contributed by atoms with Crippen molar-refractivity contribution in [2.75, 3.05) is 5.32 Å². The van der Waals surface area contributed by atoms with E-state index < -0.39 is 0 Å². The van der Waals surface area contributed by atoms with Crippen LogP contribution < -0.4 is 5.32 Å². The van der Waals surface area contributed by atoms with Gasteiger partial charge < -0.3 is 9.88 Å². The van der Waals surface area contributed by atoms with Gasteiger partial charge in [0.2, 0.25) is 5.95 Å². The van der Waals surface area contributed by atoms with Crippen LogP contribution in [0.4, 0.5) is 5.95 Å². The Morgan fingerprint density at radius 1 is 1.29 bits per heavy atom. The smallest absolute Gasteiger partial charge is 0.203 e. The van der Waals surface area contributed by atoms with Gasteiger partial charge in [-0.1, -0.05) is 19.8 Å². The highest BCUT2D eigenvalue weighted by Crippen LogP contribution is 2.23. The number of anilines is 1. The van der Waals surface area contributed by atoms with Gasteiger partial charge in [-0.05, 0) is 26.2 Å². The average molecular weight is 287 g/mol. The maximum absolute atomic E-state index is 4.66. The van der Waals surface area contributed by atoms with E-state index >= 15 is 0 Å². The zero-order valence-electron chi connectivity index (χ0n) is 13.3. The molecule has 114 valence electrons. The van der Waals surface area contributed by atoms with Crippen LogP contribution in [0.15, 0.2) is 12.4 Å². The molecule has 0 aromatic carbocycles. The quantitative estimate of drug-likeness (QED) is 0.920. The number of imidazole rings is 1. The van der Waals surface area contributed by atoms with Gasteiger partial charge in [-0.2, -0.15) is 5.10 Å². The van der Waals surface area contributed by atoms with E-state index in [1.165, 1.54) is 36.9 Å². The summed E-state index contributed by atoms with van der Waals surface area (Å²) < 4.78 is 4.13. The summed E-state index contributed by atoms with van der Waals surface area (Å²) in [6.07, 6.45) is 10.4. The molecule has 0 unspecified atom stereocenters. The number of rotatable bonds is 5. The van der Waals surface area contributed by atoms with Crippen LogP contribution in [0.25, 0.3) is 0 Å². The van der Waals surface area contributed by atoms with E-state index in [4.69, 9.17) is 0 Å². The van der Waals surface area contributed by atoms with Crippen molar-refractivity contribution in [3.8, 4) is 0 Å². The molecule has 2 aromatic heterocycles. The van der Waals surface area contributed by atoms with Gasteiger partial charge >= 0.3 is 0 Å². The van der Waals surface area contributed by atoms with Gasteiger partial charge in [0.25, 0.3) is 0 Å². The third-order valence-corrected chi connectivity index (χ3v) is 4.25. The van der Waals surface area contributed by atoms with Crippen LogP contribution in [0.1, 0.15) is 49.6 Å². The topological polar surface area (TPSA) is 47.7 Å². The Labute approximate surface area is 126 Å². The summed E-state index contributed by atoms with van der Waals surface area (Å²) in [5.74, 6) is 1.00. The largest absolute Gasteiger partial charge is 0.353 e. The molecule has 0 atom stereocenters. The zero-order chi connectivity index (χ0) is 14.8. The molecule has 3 rings (SSSR count). The van der Waals surface area contributed by atoms with Crippen LogP contribution in [0.5, 0.6) is 0 Å². The van der Waals surface area contributed by atoms with E-state index in [0.717, 1.165) is 24.6 Å². The maximum atomic E-state index is 4.66. The molecule has 0 aliphatic heterocycles. The lowest BCUT2D eigenvalue weighted by molar-refractivity contribution is 0.714. The molecule has 2 heterocycles. The van der Waals surface area contributed by atoms with Crippen molar-refractivity contribution in [3.63, 3.8) is 0 Å². The molecule has 1 aliphatic carbocycles. The van der Waals surface area contributed by atoms with E-state index in [1.54, 1.807) is 0 Å². The first-order chi connectivity index (χ1) is 10.2. The van der Waals surface area contributed by atoms with Gasteiger partial charge in [-0.3, -0.25) is 4.68 Å². The molecule has 21 heavy (non-hydrogen) atoms. The van der Waals surface area contributed by atoms with E-state index in [9.17, 15) is 0 Å². The van der Waals surface area contributed by atoms with Crippen LogP contribution >= 0.6 is 0 Å². The number of hydrogen-bond acceptors (Lipinski definition) is 3. The third kappa shape index (κ3) is 3.12. The molecule has 0 bridgehead atoms. The molecule has 1 aliphatic rings. The fourth-order valence-electron chi connectivity index (χ4n) is 3.23. The van der Waals surface area contributed by atoms with Crippen molar-refractivity contribution >= 4 is 5.95 Å². The lowest BCUT2D eigenvalue weighted by Gasteiger charge is -2.14. The first-order valence-corrected chi connectivity index (χ1v) is 7.97. The Bertz CT molecular complexity index is 604. The predicted octanol–water partition coefficient (Wildman–Crippen LogP) is 2.89. The molecular weight excluding hydrogens is 262 g/mol. The summed E-state index contributed by atoms with van der Waals surface area (Å²) in [4.78, 5) is 4.66. The zero-order valence-corrected chi connectivity index (χ0v) is 13.3. The number of aryl methyl sites for hydroxylation is 3. The molecular formula is C16H25N5. The molecule has 2 aromatic rings. The monoisotopic (exact) mass is 287 g/mol. The minimum atomic E-state index is 0.588. The highest BCUT2D eigenvalue weighted by molar-refractivity contribution is 5.32. The maximum Gasteiger partial charge on any atom is 0.203 e. The molecule has 1 fully saturated rings. The summed E-state index contributed by atoms with van der Waals surface area (Å²) in [5.41, 5.74) is 3.53. The molecule has 0 saturated heterocycles. The Balaban J connectivity index is 1.80. The van der Waals surface area contributed by atoms with Gasteiger partial charge in [-0.15, -0.1) is 0 Å². The molecule has 1 N–H and O–H groups in total. The number of aromatic nitrogens is 4. The molecule has 5 heteroatoms. The molecule has 1 saturated carbocycles. The van der Waals surface area contributed by atoms with Crippen molar-refractivity contribution in [1.29, 1.82) is 0 Å². The third-order valence-electron chi connectivity index (χ3n) is 4.25. The minimum absolute atomic E-state index is 0.588. The van der Waals surface area contributed by atoms with E-state index in [1.807, 2.05) is 11.7 Å². The number of nitrogens with zero attached hydrogens (tertiary/aromatic N) is 4. The SMILES string of the molecule is CCc1nn(C)cc1Cn1cc(C)nc1NC1CCCC1. The summed E-state index contributed by atoms with van der Waals surface area (Å²) in [6, 6.07) is 0.588. The number of nitrogens with one attached hydrogen (secondary N) is 1. The second kappa shape index (κ2) is 5.92. The van der Waals surface area contributed by atoms with Crippen LogP contribution in [-0.4, -0.2) is 25.4 Å². The van der Waals surface area contributed by atoms with E-state index in [-0.39, 0.29) is 0 Å². The standard InChI is InChI=1S/C16H25N5/c1-4-15-13(10-20(3)19-15)11-21-9-12(2)17-16(21)18-14-7-5-6-8-14/h9-10,14H,4-8,11H2,1-3H3,(H,17,18). The van der Waals surface area contributed by atoms with Crippen molar-refractivity contribution in [3.05, 3.63) is 29.3 Å². The lowest BCUT2D eigenvalue weighted by atomic mass is 10.2. The van der Waals surface area contributed by atoms with E-state index in [0.29, 0.717) is 6.04 Å². The second-order valence-corrected chi connectivity index (χ2v) is 6.09. The Hall–Kier alpha value is -1.78. The fraction of sp³-hybridized carbons (Fsp3) is 0.625. The first-order valence-electron chi connectivity index (χ1n) is 7.97. The van der Waals surface area contributed by atoms with Gasteiger partial charge in [0, 0.05) is 31.0 Å².